The summed E-state index contributed by atoms with van der Waals surface area (Å²) < 4.78 is 1.67. The summed E-state index contributed by atoms with van der Waals surface area (Å²) in [6.07, 6.45) is 7.90. The minimum Gasteiger partial charge on any atom is -0.297 e. The van der Waals surface area contributed by atoms with Gasteiger partial charge in [-0.2, -0.15) is 10.4 Å². The lowest BCUT2D eigenvalue weighted by atomic mass is 10.0. The minimum absolute atomic E-state index is 0.430. The first-order chi connectivity index (χ1) is 11.8. The fraction of sp³-hybridized carbons (Fsp3) is 0.316. The van der Waals surface area contributed by atoms with Gasteiger partial charge in [0, 0.05) is 24.0 Å². The van der Waals surface area contributed by atoms with E-state index in [4.69, 9.17) is 5.26 Å². The van der Waals surface area contributed by atoms with Crippen LogP contribution >= 0.6 is 0 Å². The van der Waals surface area contributed by atoms with Crippen LogP contribution in [0.25, 0.3) is 16.8 Å². The van der Waals surface area contributed by atoms with Crippen molar-refractivity contribution >= 4 is 5.65 Å². The summed E-state index contributed by atoms with van der Waals surface area (Å²) in [5.74, 6) is 0. The van der Waals surface area contributed by atoms with Crippen LogP contribution in [0, 0.1) is 11.3 Å². The molecule has 1 aliphatic heterocycles. The Kier molecular flexibility index (Phi) is 3.75. The number of benzene rings is 1. The maximum atomic E-state index is 9.06. The Labute approximate surface area is 141 Å². The van der Waals surface area contributed by atoms with Crippen molar-refractivity contribution in [1.29, 1.82) is 5.26 Å². The van der Waals surface area contributed by atoms with Crippen LogP contribution in [0.5, 0.6) is 0 Å². The van der Waals surface area contributed by atoms with Crippen molar-refractivity contribution in [2.45, 2.75) is 25.8 Å². The van der Waals surface area contributed by atoms with E-state index in [0.717, 1.165) is 11.1 Å². The molecule has 1 atom stereocenters. The van der Waals surface area contributed by atoms with Gasteiger partial charge in [0.05, 0.1) is 6.20 Å². The molecule has 1 aromatic carbocycles. The second-order valence-electron chi connectivity index (χ2n) is 6.33. The average Bonchev–Trinajstić information content (AvgIpc) is 3.30. The SMILES string of the molecule is C[C@H](c1cccc(-c2cnc3c(C#N)cnn3c2)c1)N1CCCC1. The van der Waals surface area contributed by atoms with Gasteiger partial charge in [-0.05, 0) is 50.0 Å². The van der Waals surface area contributed by atoms with Gasteiger partial charge >= 0.3 is 0 Å². The van der Waals surface area contributed by atoms with Crippen LogP contribution < -0.4 is 0 Å². The van der Waals surface area contributed by atoms with E-state index in [1.807, 2.05) is 12.4 Å². The van der Waals surface area contributed by atoms with Crippen molar-refractivity contribution in [3.63, 3.8) is 0 Å². The second kappa shape index (κ2) is 6.06. The Morgan fingerprint density at radius 2 is 2.00 bits per heavy atom. The number of rotatable bonds is 3. The van der Waals surface area contributed by atoms with E-state index in [1.54, 1.807) is 10.7 Å². The number of nitriles is 1. The smallest absolute Gasteiger partial charge is 0.172 e. The molecule has 3 heterocycles. The van der Waals surface area contributed by atoms with E-state index in [2.05, 4.69) is 52.2 Å². The van der Waals surface area contributed by atoms with E-state index >= 15 is 0 Å². The topological polar surface area (TPSA) is 57.2 Å². The summed E-state index contributed by atoms with van der Waals surface area (Å²) >= 11 is 0. The molecule has 0 saturated carbocycles. The largest absolute Gasteiger partial charge is 0.297 e. The van der Waals surface area contributed by atoms with Crippen molar-refractivity contribution in [1.82, 2.24) is 19.5 Å². The summed E-state index contributed by atoms with van der Waals surface area (Å²) in [5, 5.41) is 13.3. The van der Waals surface area contributed by atoms with Crippen LogP contribution in [0.1, 0.15) is 36.9 Å². The third kappa shape index (κ3) is 2.55. The summed E-state index contributed by atoms with van der Waals surface area (Å²) in [5.41, 5.74) is 4.56. The number of hydrogen-bond acceptors (Lipinski definition) is 4. The lowest BCUT2D eigenvalue weighted by molar-refractivity contribution is 0.263. The third-order valence-corrected chi connectivity index (χ3v) is 4.87. The molecule has 5 nitrogen and oxygen atoms in total. The van der Waals surface area contributed by atoms with Gasteiger partial charge < -0.3 is 0 Å². The van der Waals surface area contributed by atoms with Gasteiger partial charge in [0.1, 0.15) is 11.6 Å². The molecule has 1 aliphatic rings. The van der Waals surface area contributed by atoms with E-state index in [1.165, 1.54) is 31.5 Å². The third-order valence-electron chi connectivity index (χ3n) is 4.87. The predicted molar refractivity (Wildman–Crippen MR) is 92.4 cm³/mol. The monoisotopic (exact) mass is 317 g/mol. The Morgan fingerprint density at radius 1 is 1.17 bits per heavy atom. The Morgan fingerprint density at radius 3 is 2.79 bits per heavy atom. The van der Waals surface area contributed by atoms with Gasteiger partial charge in [0.25, 0.3) is 0 Å². The predicted octanol–water partition coefficient (Wildman–Crippen LogP) is 3.42. The average molecular weight is 317 g/mol. The molecule has 0 amide bonds. The molecule has 1 saturated heterocycles. The normalized spacial score (nSPS) is 16.3. The zero-order valence-electron chi connectivity index (χ0n) is 13.7. The summed E-state index contributed by atoms with van der Waals surface area (Å²) in [6, 6.07) is 11.2. The molecule has 120 valence electrons. The van der Waals surface area contributed by atoms with E-state index in [-0.39, 0.29) is 0 Å². The molecule has 5 heteroatoms. The molecule has 3 aromatic rings. The molecule has 24 heavy (non-hydrogen) atoms. The number of hydrogen-bond donors (Lipinski definition) is 0. The zero-order valence-corrected chi connectivity index (χ0v) is 13.7. The molecule has 4 rings (SSSR count). The minimum atomic E-state index is 0.430. The Hall–Kier alpha value is -2.71. The van der Waals surface area contributed by atoms with Crippen LogP contribution in [0.2, 0.25) is 0 Å². The maximum absolute atomic E-state index is 9.06. The molecule has 2 aromatic heterocycles. The highest BCUT2D eigenvalue weighted by Crippen LogP contribution is 2.28. The van der Waals surface area contributed by atoms with Crippen LogP contribution in [-0.2, 0) is 0 Å². The highest BCUT2D eigenvalue weighted by Gasteiger charge is 2.19. The molecule has 0 bridgehead atoms. The molecule has 0 N–H and O–H groups in total. The first kappa shape index (κ1) is 14.9. The lowest BCUT2D eigenvalue weighted by Crippen LogP contribution is -2.23. The Balaban J connectivity index is 1.69. The lowest BCUT2D eigenvalue weighted by Gasteiger charge is -2.24. The van der Waals surface area contributed by atoms with Crippen LogP contribution in [0.4, 0.5) is 0 Å². The van der Waals surface area contributed by atoms with Crippen LogP contribution in [0.3, 0.4) is 0 Å². The number of likely N-dealkylation sites (tertiary alicyclic amines) is 1. The molecule has 0 spiro atoms. The van der Waals surface area contributed by atoms with Crippen LogP contribution in [-0.4, -0.2) is 32.6 Å². The van der Waals surface area contributed by atoms with Gasteiger partial charge in [-0.1, -0.05) is 18.2 Å². The van der Waals surface area contributed by atoms with Gasteiger partial charge in [-0.3, -0.25) is 4.90 Å². The fourth-order valence-corrected chi connectivity index (χ4v) is 3.42. The van der Waals surface area contributed by atoms with Gasteiger partial charge in [-0.25, -0.2) is 9.50 Å². The first-order valence-corrected chi connectivity index (χ1v) is 8.34. The number of fused-ring (bicyclic) bond motifs is 1. The number of nitrogens with zero attached hydrogens (tertiary/aromatic N) is 5. The second-order valence-corrected chi connectivity index (χ2v) is 6.33. The van der Waals surface area contributed by atoms with Gasteiger partial charge in [0.15, 0.2) is 5.65 Å². The van der Waals surface area contributed by atoms with Crippen molar-refractivity contribution in [3.05, 3.63) is 54.0 Å². The van der Waals surface area contributed by atoms with Crippen molar-refractivity contribution in [2.75, 3.05) is 13.1 Å². The molecule has 0 unspecified atom stereocenters. The van der Waals surface area contributed by atoms with Crippen LogP contribution in [0.15, 0.2) is 42.9 Å². The number of aromatic nitrogens is 3. The van der Waals surface area contributed by atoms with Crippen molar-refractivity contribution in [2.24, 2.45) is 0 Å². The molecular formula is C19H19N5. The summed E-state index contributed by atoms with van der Waals surface area (Å²) in [7, 11) is 0. The highest BCUT2D eigenvalue weighted by molar-refractivity contribution is 5.65. The van der Waals surface area contributed by atoms with Gasteiger partial charge in [0.2, 0.25) is 0 Å². The molecule has 0 aliphatic carbocycles. The van der Waals surface area contributed by atoms with E-state index in [9.17, 15) is 0 Å². The maximum Gasteiger partial charge on any atom is 0.172 e. The van der Waals surface area contributed by atoms with E-state index < -0.39 is 0 Å². The summed E-state index contributed by atoms with van der Waals surface area (Å²) in [6.45, 7) is 4.64. The molecule has 0 radical (unpaired) electrons. The van der Waals surface area contributed by atoms with Crippen molar-refractivity contribution in [3.8, 4) is 17.2 Å². The van der Waals surface area contributed by atoms with Gasteiger partial charge in [-0.15, -0.1) is 0 Å². The molecular weight excluding hydrogens is 298 g/mol. The summed E-state index contributed by atoms with van der Waals surface area (Å²) in [4.78, 5) is 6.94. The van der Waals surface area contributed by atoms with Crippen molar-refractivity contribution < 1.29 is 0 Å². The Bertz CT molecular complexity index is 915. The van der Waals surface area contributed by atoms with E-state index in [0.29, 0.717) is 17.3 Å². The zero-order chi connectivity index (χ0) is 16.5. The quantitative estimate of drug-likeness (QED) is 0.742. The fourth-order valence-electron chi connectivity index (χ4n) is 3.42. The first-order valence-electron chi connectivity index (χ1n) is 8.34. The standard InChI is InChI=1S/C19H19N5/c1-14(23-7-2-3-8-23)15-5-4-6-16(9-15)18-11-21-19-17(10-20)12-22-24(19)13-18/h4-6,9,11-14H,2-3,7-8H2,1H3/t14-/m1/s1. The molecule has 1 fully saturated rings. The highest BCUT2D eigenvalue weighted by atomic mass is 15.2.